The molecule has 0 atom stereocenters. The van der Waals surface area contributed by atoms with Crippen molar-refractivity contribution >= 4 is 28.3 Å². The molecule has 0 unspecified atom stereocenters. The zero-order valence-electron chi connectivity index (χ0n) is 16.9. The molecule has 0 aliphatic carbocycles. The van der Waals surface area contributed by atoms with Gasteiger partial charge in [-0.15, -0.1) is 0 Å². The highest BCUT2D eigenvalue weighted by atomic mass is 16.5. The van der Waals surface area contributed by atoms with Gasteiger partial charge in [0.25, 0.3) is 0 Å². The number of anilines is 1. The van der Waals surface area contributed by atoms with Crippen LogP contribution in [0.1, 0.15) is 22.8 Å². The molecule has 1 N–H and O–H groups in total. The van der Waals surface area contributed by atoms with Gasteiger partial charge >= 0.3 is 5.97 Å². The standard InChI is InChI=1S/C24H24N2O4/c1-17(27)25-11-13-26(14-12-25)20-9-10-22(24(28)29)23(15-20)30-16-19-7-4-6-18-5-2-3-8-21(18)19/h2-10,15H,11-14,16H2,1H3,(H,28,29). The number of aromatic carboxylic acids is 1. The molecule has 0 saturated carbocycles. The summed E-state index contributed by atoms with van der Waals surface area (Å²) in [6.45, 7) is 4.58. The molecule has 1 heterocycles. The third-order valence-electron chi connectivity index (χ3n) is 5.55. The second kappa shape index (κ2) is 8.45. The molecule has 3 aromatic carbocycles. The molecule has 4 rings (SSSR count). The first-order valence-corrected chi connectivity index (χ1v) is 10.00. The molecule has 3 aromatic rings. The lowest BCUT2D eigenvalue weighted by Gasteiger charge is -2.35. The van der Waals surface area contributed by atoms with Gasteiger partial charge in [-0.3, -0.25) is 4.79 Å². The number of carbonyl (C=O) groups excluding carboxylic acids is 1. The molecule has 1 saturated heterocycles. The molecule has 154 valence electrons. The Morgan fingerprint density at radius 2 is 1.70 bits per heavy atom. The Kier molecular flexibility index (Phi) is 5.57. The van der Waals surface area contributed by atoms with Crippen LogP contribution in [0.4, 0.5) is 5.69 Å². The van der Waals surface area contributed by atoms with Crippen LogP contribution in [0.25, 0.3) is 10.8 Å². The predicted octanol–water partition coefficient (Wildman–Crippen LogP) is 3.79. The van der Waals surface area contributed by atoms with E-state index in [1.807, 2.05) is 47.4 Å². The Hall–Kier alpha value is -3.54. The average molecular weight is 404 g/mol. The van der Waals surface area contributed by atoms with Crippen LogP contribution in [-0.4, -0.2) is 48.1 Å². The number of rotatable bonds is 5. The van der Waals surface area contributed by atoms with E-state index in [1.54, 1.807) is 25.1 Å². The van der Waals surface area contributed by atoms with Gasteiger partial charge < -0.3 is 19.6 Å². The molecular weight excluding hydrogens is 380 g/mol. The summed E-state index contributed by atoms with van der Waals surface area (Å²) < 4.78 is 6.01. The summed E-state index contributed by atoms with van der Waals surface area (Å²) in [5, 5.41) is 11.8. The molecule has 0 radical (unpaired) electrons. The summed E-state index contributed by atoms with van der Waals surface area (Å²) in [5.41, 5.74) is 2.04. The molecule has 1 aliphatic rings. The minimum absolute atomic E-state index is 0.0787. The highest BCUT2D eigenvalue weighted by Crippen LogP contribution is 2.28. The molecule has 1 aliphatic heterocycles. The molecule has 0 spiro atoms. The van der Waals surface area contributed by atoms with Gasteiger partial charge in [0.15, 0.2) is 0 Å². The topological polar surface area (TPSA) is 70.1 Å². The van der Waals surface area contributed by atoms with E-state index in [0.717, 1.165) is 22.0 Å². The van der Waals surface area contributed by atoms with Crippen molar-refractivity contribution in [1.82, 2.24) is 4.90 Å². The minimum Gasteiger partial charge on any atom is -0.488 e. The molecular formula is C24H24N2O4. The van der Waals surface area contributed by atoms with Crippen molar-refractivity contribution in [1.29, 1.82) is 0 Å². The third-order valence-corrected chi connectivity index (χ3v) is 5.55. The number of hydrogen-bond acceptors (Lipinski definition) is 4. The third kappa shape index (κ3) is 4.08. The van der Waals surface area contributed by atoms with Crippen molar-refractivity contribution in [2.24, 2.45) is 0 Å². The fourth-order valence-corrected chi connectivity index (χ4v) is 3.86. The van der Waals surface area contributed by atoms with Gasteiger partial charge in [-0.2, -0.15) is 0 Å². The van der Waals surface area contributed by atoms with Crippen LogP contribution in [0.3, 0.4) is 0 Å². The van der Waals surface area contributed by atoms with Gasteiger partial charge in [-0.25, -0.2) is 4.79 Å². The number of amides is 1. The van der Waals surface area contributed by atoms with Crippen molar-refractivity contribution in [3.05, 3.63) is 71.8 Å². The molecule has 6 heteroatoms. The van der Waals surface area contributed by atoms with Gasteiger partial charge in [-0.1, -0.05) is 42.5 Å². The molecule has 6 nitrogen and oxygen atoms in total. The number of nitrogens with zero attached hydrogens (tertiary/aromatic N) is 2. The fraction of sp³-hybridized carbons (Fsp3) is 0.250. The van der Waals surface area contributed by atoms with Crippen LogP contribution < -0.4 is 9.64 Å². The normalized spacial score (nSPS) is 14.0. The number of benzene rings is 3. The van der Waals surface area contributed by atoms with E-state index in [9.17, 15) is 14.7 Å². The van der Waals surface area contributed by atoms with E-state index >= 15 is 0 Å². The van der Waals surface area contributed by atoms with Crippen LogP contribution >= 0.6 is 0 Å². The smallest absolute Gasteiger partial charge is 0.339 e. The Labute approximate surface area is 175 Å². The zero-order chi connectivity index (χ0) is 21.1. The van der Waals surface area contributed by atoms with Gasteiger partial charge in [0.2, 0.25) is 5.91 Å². The summed E-state index contributed by atoms with van der Waals surface area (Å²) in [7, 11) is 0. The second-order valence-corrected chi connectivity index (χ2v) is 7.41. The van der Waals surface area contributed by atoms with Crippen LogP contribution in [0.2, 0.25) is 0 Å². The zero-order valence-corrected chi connectivity index (χ0v) is 16.9. The Bertz CT molecular complexity index is 1080. The van der Waals surface area contributed by atoms with E-state index < -0.39 is 5.97 Å². The monoisotopic (exact) mass is 404 g/mol. The number of hydrogen-bond donors (Lipinski definition) is 1. The van der Waals surface area contributed by atoms with Gasteiger partial charge in [0, 0.05) is 44.9 Å². The highest BCUT2D eigenvalue weighted by Gasteiger charge is 2.21. The van der Waals surface area contributed by atoms with Crippen LogP contribution in [-0.2, 0) is 11.4 Å². The lowest BCUT2D eigenvalue weighted by Crippen LogP contribution is -2.48. The predicted molar refractivity (Wildman–Crippen MR) is 116 cm³/mol. The van der Waals surface area contributed by atoms with Gasteiger partial charge in [0.05, 0.1) is 0 Å². The van der Waals surface area contributed by atoms with E-state index in [1.165, 1.54) is 0 Å². The van der Waals surface area contributed by atoms with Crippen LogP contribution in [0.5, 0.6) is 5.75 Å². The molecule has 0 aromatic heterocycles. The van der Waals surface area contributed by atoms with Gasteiger partial charge in [0.1, 0.15) is 17.9 Å². The largest absolute Gasteiger partial charge is 0.488 e. The van der Waals surface area contributed by atoms with Crippen molar-refractivity contribution in [2.45, 2.75) is 13.5 Å². The van der Waals surface area contributed by atoms with E-state index in [-0.39, 0.29) is 18.1 Å². The summed E-state index contributed by atoms with van der Waals surface area (Å²) >= 11 is 0. The quantitative estimate of drug-likeness (QED) is 0.701. The number of piperazine rings is 1. The lowest BCUT2D eigenvalue weighted by molar-refractivity contribution is -0.129. The number of carboxylic acids is 1. The van der Waals surface area contributed by atoms with Crippen molar-refractivity contribution in [3.8, 4) is 5.75 Å². The summed E-state index contributed by atoms with van der Waals surface area (Å²) in [4.78, 5) is 27.2. The first kappa shape index (κ1) is 19.8. The van der Waals surface area contributed by atoms with Crippen LogP contribution in [0.15, 0.2) is 60.7 Å². The van der Waals surface area contributed by atoms with Crippen molar-refractivity contribution < 1.29 is 19.4 Å². The van der Waals surface area contributed by atoms with E-state index in [2.05, 4.69) is 4.90 Å². The molecule has 1 amide bonds. The maximum absolute atomic E-state index is 11.7. The summed E-state index contributed by atoms with van der Waals surface area (Å²) in [6.07, 6.45) is 0. The number of carboxylic acid groups (broad SMARTS) is 1. The molecule has 0 bridgehead atoms. The van der Waals surface area contributed by atoms with Crippen molar-refractivity contribution in [2.75, 3.05) is 31.1 Å². The lowest BCUT2D eigenvalue weighted by atomic mass is 10.1. The first-order valence-electron chi connectivity index (χ1n) is 10.00. The first-order chi connectivity index (χ1) is 14.5. The number of ether oxygens (including phenoxy) is 1. The Morgan fingerprint density at radius 3 is 2.43 bits per heavy atom. The van der Waals surface area contributed by atoms with Gasteiger partial charge in [-0.05, 0) is 28.5 Å². The molecule has 1 fully saturated rings. The highest BCUT2D eigenvalue weighted by molar-refractivity contribution is 5.91. The number of carbonyl (C=O) groups is 2. The SMILES string of the molecule is CC(=O)N1CCN(c2ccc(C(=O)O)c(OCc3cccc4ccccc34)c2)CC1. The summed E-state index contributed by atoms with van der Waals surface area (Å²) in [5.74, 6) is -0.590. The fourth-order valence-electron chi connectivity index (χ4n) is 3.86. The number of fused-ring (bicyclic) bond motifs is 1. The summed E-state index contributed by atoms with van der Waals surface area (Å²) in [6, 6.07) is 19.3. The Morgan fingerprint density at radius 1 is 0.967 bits per heavy atom. The average Bonchev–Trinajstić information content (AvgIpc) is 2.77. The minimum atomic E-state index is -1.02. The van der Waals surface area contributed by atoms with E-state index in [0.29, 0.717) is 31.9 Å². The van der Waals surface area contributed by atoms with Crippen LogP contribution in [0, 0.1) is 0 Å². The molecule has 30 heavy (non-hydrogen) atoms. The Balaban J connectivity index is 1.56. The van der Waals surface area contributed by atoms with Crippen molar-refractivity contribution in [3.63, 3.8) is 0 Å². The maximum atomic E-state index is 11.7. The second-order valence-electron chi connectivity index (χ2n) is 7.41. The maximum Gasteiger partial charge on any atom is 0.339 e. The van der Waals surface area contributed by atoms with E-state index in [4.69, 9.17) is 4.74 Å².